The highest BCUT2D eigenvalue weighted by molar-refractivity contribution is 7.08. The number of carbonyl (C=O) groups excluding carboxylic acids is 1. The zero-order valence-electron chi connectivity index (χ0n) is 14.3. The van der Waals surface area contributed by atoms with Gasteiger partial charge in [-0.05, 0) is 36.9 Å². The molecule has 1 atom stereocenters. The van der Waals surface area contributed by atoms with Crippen LogP contribution in [-0.4, -0.2) is 47.2 Å². The van der Waals surface area contributed by atoms with Crippen LogP contribution in [0.5, 0.6) is 0 Å². The van der Waals surface area contributed by atoms with Gasteiger partial charge in [-0.3, -0.25) is 9.78 Å². The summed E-state index contributed by atoms with van der Waals surface area (Å²) in [4.78, 5) is 18.7. The Morgan fingerprint density at radius 2 is 2.32 bits per heavy atom. The van der Waals surface area contributed by atoms with E-state index < -0.39 is 0 Å². The first-order valence-corrected chi connectivity index (χ1v) is 9.57. The van der Waals surface area contributed by atoms with Crippen molar-refractivity contribution in [1.82, 2.24) is 9.88 Å². The number of rotatable bonds is 4. The highest BCUT2D eigenvalue weighted by Gasteiger charge is 2.49. The number of hydrogen-bond donors (Lipinski definition) is 0. The van der Waals surface area contributed by atoms with Crippen molar-refractivity contribution in [3.8, 4) is 0 Å². The number of aromatic nitrogens is 1. The smallest absolute Gasteiger partial charge is 0.254 e. The van der Waals surface area contributed by atoms with E-state index in [1.165, 1.54) is 0 Å². The van der Waals surface area contributed by atoms with Crippen molar-refractivity contribution in [3.05, 3.63) is 52.0 Å². The number of likely N-dealkylation sites (tertiary alicyclic amines) is 1. The summed E-state index contributed by atoms with van der Waals surface area (Å²) >= 11 is 1.55. The van der Waals surface area contributed by atoms with Crippen LogP contribution < -0.4 is 0 Å². The Balaban J connectivity index is 1.31. The molecule has 0 N–H and O–H groups in total. The van der Waals surface area contributed by atoms with Gasteiger partial charge >= 0.3 is 0 Å². The molecule has 0 unspecified atom stereocenters. The predicted molar refractivity (Wildman–Crippen MR) is 95.7 cm³/mol. The van der Waals surface area contributed by atoms with Crippen LogP contribution in [0.15, 0.2) is 35.0 Å². The zero-order valence-corrected chi connectivity index (χ0v) is 15.1. The van der Waals surface area contributed by atoms with Gasteiger partial charge in [0.05, 0.1) is 37.1 Å². The molecule has 2 aliphatic heterocycles. The predicted octanol–water partition coefficient (Wildman–Crippen LogP) is 3.04. The van der Waals surface area contributed by atoms with E-state index >= 15 is 0 Å². The number of ether oxygens (including phenoxy) is 2. The third kappa shape index (κ3) is 3.61. The fraction of sp³-hybridized carbons (Fsp3) is 0.474. The average molecular weight is 358 g/mol. The molecular formula is C19H22N2O3S. The van der Waals surface area contributed by atoms with Gasteiger partial charge in [0.2, 0.25) is 0 Å². The second-order valence-corrected chi connectivity index (χ2v) is 7.68. The summed E-state index contributed by atoms with van der Waals surface area (Å²) in [6.45, 7) is 4.52. The normalized spacial score (nSPS) is 22.0. The second kappa shape index (κ2) is 6.86. The molecule has 4 heterocycles. The lowest BCUT2D eigenvalue weighted by Gasteiger charge is -2.52. The van der Waals surface area contributed by atoms with Crippen molar-refractivity contribution >= 4 is 17.2 Å². The Morgan fingerprint density at radius 3 is 3.08 bits per heavy atom. The van der Waals surface area contributed by atoms with Crippen LogP contribution in [0.4, 0.5) is 0 Å². The molecule has 2 aliphatic rings. The van der Waals surface area contributed by atoms with Crippen LogP contribution in [0.2, 0.25) is 0 Å². The van der Waals surface area contributed by atoms with Crippen molar-refractivity contribution in [2.75, 3.05) is 19.7 Å². The number of hydrogen-bond acceptors (Lipinski definition) is 5. The van der Waals surface area contributed by atoms with Crippen LogP contribution >= 0.6 is 11.3 Å². The van der Waals surface area contributed by atoms with E-state index in [2.05, 4.69) is 4.98 Å². The quantitative estimate of drug-likeness (QED) is 0.843. The summed E-state index contributed by atoms with van der Waals surface area (Å²) in [5, 5.41) is 3.83. The molecule has 4 rings (SSSR count). The number of thiophene rings is 1. The second-order valence-electron chi connectivity index (χ2n) is 6.90. The summed E-state index contributed by atoms with van der Waals surface area (Å²) in [5.74, 6) is 0.0995. The third-order valence-corrected chi connectivity index (χ3v) is 5.56. The van der Waals surface area contributed by atoms with Crippen molar-refractivity contribution in [1.29, 1.82) is 0 Å². The van der Waals surface area contributed by atoms with Crippen molar-refractivity contribution < 1.29 is 14.3 Å². The minimum Gasteiger partial charge on any atom is -0.372 e. The van der Waals surface area contributed by atoms with E-state index in [9.17, 15) is 4.79 Å². The summed E-state index contributed by atoms with van der Waals surface area (Å²) in [5.41, 5.74) is 2.51. The van der Waals surface area contributed by atoms with Crippen molar-refractivity contribution in [2.45, 2.75) is 38.1 Å². The maximum Gasteiger partial charge on any atom is 0.254 e. The van der Waals surface area contributed by atoms with Crippen LogP contribution in [0.25, 0.3) is 0 Å². The molecule has 25 heavy (non-hydrogen) atoms. The molecule has 0 aliphatic carbocycles. The van der Waals surface area contributed by atoms with Crippen LogP contribution in [0.1, 0.15) is 34.6 Å². The Morgan fingerprint density at radius 1 is 1.44 bits per heavy atom. The van der Waals surface area contributed by atoms with Crippen molar-refractivity contribution in [3.63, 3.8) is 0 Å². The van der Waals surface area contributed by atoms with Gasteiger partial charge < -0.3 is 14.4 Å². The highest BCUT2D eigenvalue weighted by atomic mass is 32.1. The molecular weight excluding hydrogens is 336 g/mol. The summed E-state index contributed by atoms with van der Waals surface area (Å²) in [6.07, 6.45) is 1.90. The van der Waals surface area contributed by atoms with Gasteiger partial charge in [0.25, 0.3) is 5.91 Å². The van der Waals surface area contributed by atoms with Gasteiger partial charge in [0.15, 0.2) is 0 Å². The lowest BCUT2D eigenvalue weighted by Crippen LogP contribution is -2.67. The number of amides is 1. The standard InChI is InChI=1S/C19H22N2O3S/c1-14-3-2-4-16(20-14)10-23-17-5-7-24-19(9-17)12-21(13-19)18(22)15-6-8-25-11-15/h2-4,6,8,11,17H,5,7,9-10,12-13H2,1H3/t17-/m0/s1. The lowest BCUT2D eigenvalue weighted by atomic mass is 9.84. The molecule has 132 valence electrons. The minimum atomic E-state index is -0.228. The molecule has 5 nitrogen and oxygen atoms in total. The van der Waals surface area contributed by atoms with Gasteiger partial charge in [0, 0.05) is 24.1 Å². The van der Waals surface area contributed by atoms with E-state index in [-0.39, 0.29) is 17.6 Å². The Kier molecular flexibility index (Phi) is 4.58. The first kappa shape index (κ1) is 16.7. The van der Waals surface area contributed by atoms with E-state index in [4.69, 9.17) is 9.47 Å². The van der Waals surface area contributed by atoms with Crippen LogP contribution in [0, 0.1) is 6.92 Å². The van der Waals surface area contributed by atoms with Gasteiger partial charge in [-0.25, -0.2) is 0 Å². The molecule has 0 bridgehead atoms. The first-order chi connectivity index (χ1) is 12.1. The topological polar surface area (TPSA) is 51.7 Å². The minimum absolute atomic E-state index is 0.0995. The van der Waals surface area contributed by atoms with Crippen LogP contribution in [-0.2, 0) is 16.1 Å². The van der Waals surface area contributed by atoms with Gasteiger partial charge in [-0.15, -0.1) is 0 Å². The lowest BCUT2D eigenvalue weighted by molar-refractivity contribution is -0.188. The van der Waals surface area contributed by atoms with E-state index in [0.717, 1.165) is 29.8 Å². The number of pyridine rings is 1. The third-order valence-electron chi connectivity index (χ3n) is 4.87. The summed E-state index contributed by atoms with van der Waals surface area (Å²) < 4.78 is 12.1. The first-order valence-electron chi connectivity index (χ1n) is 8.63. The molecule has 2 aromatic heterocycles. The van der Waals surface area contributed by atoms with E-state index in [1.807, 2.05) is 46.8 Å². The Labute approximate surface area is 151 Å². The Bertz CT molecular complexity index is 741. The maximum atomic E-state index is 12.4. The van der Waals surface area contributed by atoms with E-state index in [1.54, 1.807) is 11.3 Å². The molecule has 2 aromatic rings. The zero-order chi connectivity index (χ0) is 17.3. The van der Waals surface area contributed by atoms with Crippen LogP contribution in [0.3, 0.4) is 0 Å². The molecule has 1 amide bonds. The molecule has 0 radical (unpaired) electrons. The molecule has 2 fully saturated rings. The van der Waals surface area contributed by atoms with Gasteiger partial charge in [0.1, 0.15) is 5.60 Å². The SMILES string of the molecule is Cc1cccc(CO[C@H]2CCOC3(C2)CN(C(=O)c2ccsc2)C3)n1. The molecule has 1 spiro atoms. The van der Waals surface area contributed by atoms with Gasteiger partial charge in [-0.1, -0.05) is 6.07 Å². The number of nitrogens with zero attached hydrogens (tertiary/aromatic N) is 2. The molecule has 0 aromatic carbocycles. The molecule has 0 saturated carbocycles. The summed E-state index contributed by atoms with van der Waals surface area (Å²) in [7, 11) is 0. The fourth-order valence-electron chi connectivity index (χ4n) is 3.59. The van der Waals surface area contributed by atoms with E-state index in [0.29, 0.717) is 26.3 Å². The molecule has 2 saturated heterocycles. The highest BCUT2D eigenvalue weighted by Crippen LogP contribution is 2.36. The fourth-order valence-corrected chi connectivity index (χ4v) is 4.22. The van der Waals surface area contributed by atoms with Gasteiger partial charge in [-0.2, -0.15) is 11.3 Å². The average Bonchev–Trinajstić information content (AvgIpc) is 3.12. The molecule has 6 heteroatoms. The monoisotopic (exact) mass is 358 g/mol. The van der Waals surface area contributed by atoms with Crippen molar-refractivity contribution in [2.24, 2.45) is 0 Å². The largest absolute Gasteiger partial charge is 0.372 e. The maximum absolute atomic E-state index is 12.4. The summed E-state index contributed by atoms with van der Waals surface area (Å²) in [6, 6.07) is 7.86. The number of carbonyl (C=O) groups is 1. The Hall–Kier alpha value is -1.76. The number of aryl methyl sites for hydroxylation is 1.